The van der Waals surface area contributed by atoms with Gasteiger partial charge in [-0.2, -0.15) is 5.26 Å². The summed E-state index contributed by atoms with van der Waals surface area (Å²) in [4.78, 5) is 15.1. The van der Waals surface area contributed by atoms with Gasteiger partial charge in [-0.25, -0.2) is 4.98 Å². The highest BCUT2D eigenvalue weighted by molar-refractivity contribution is 5.73. The number of carbonyl (C=O) groups is 1. The van der Waals surface area contributed by atoms with Gasteiger partial charge in [0.1, 0.15) is 11.8 Å². The summed E-state index contributed by atoms with van der Waals surface area (Å²) in [5.41, 5.74) is 1.89. The molecule has 0 saturated heterocycles. The molecule has 4 heteroatoms. The third-order valence-corrected chi connectivity index (χ3v) is 2.06. The molecule has 1 aromatic heterocycles. The predicted molar refractivity (Wildman–Crippen MR) is 54.0 cm³/mol. The third-order valence-electron chi connectivity index (χ3n) is 2.06. The summed E-state index contributed by atoms with van der Waals surface area (Å²) < 4.78 is 4.83. The molecule has 0 bridgehead atoms. The van der Waals surface area contributed by atoms with Gasteiger partial charge >= 0.3 is 5.97 Å². The van der Waals surface area contributed by atoms with Crippen molar-refractivity contribution in [3.8, 4) is 6.07 Å². The second kappa shape index (κ2) is 5.11. The van der Waals surface area contributed by atoms with Crippen molar-refractivity contribution in [2.75, 3.05) is 6.61 Å². The SMILES string of the molecule is CCOC(=O)Cc1ccnc(C#N)c1C. The Morgan fingerprint density at radius 3 is 3.00 bits per heavy atom. The minimum Gasteiger partial charge on any atom is -0.466 e. The number of hydrogen-bond acceptors (Lipinski definition) is 4. The normalized spacial score (nSPS) is 9.40. The number of carbonyl (C=O) groups excluding carboxylic acids is 1. The van der Waals surface area contributed by atoms with Crippen molar-refractivity contribution in [2.45, 2.75) is 20.3 Å². The first-order valence-electron chi connectivity index (χ1n) is 4.69. The van der Waals surface area contributed by atoms with Crippen molar-refractivity contribution >= 4 is 5.97 Å². The zero-order chi connectivity index (χ0) is 11.3. The van der Waals surface area contributed by atoms with Crippen molar-refractivity contribution < 1.29 is 9.53 Å². The van der Waals surface area contributed by atoms with Crippen LogP contribution in [0, 0.1) is 18.3 Å². The molecule has 0 N–H and O–H groups in total. The van der Waals surface area contributed by atoms with Crippen molar-refractivity contribution in [1.82, 2.24) is 4.98 Å². The molecule has 0 saturated carbocycles. The van der Waals surface area contributed by atoms with E-state index in [2.05, 4.69) is 4.98 Å². The molecule has 0 radical (unpaired) electrons. The summed E-state index contributed by atoms with van der Waals surface area (Å²) >= 11 is 0. The smallest absolute Gasteiger partial charge is 0.310 e. The van der Waals surface area contributed by atoms with E-state index in [-0.39, 0.29) is 12.4 Å². The number of aromatic nitrogens is 1. The number of rotatable bonds is 3. The second-order valence-electron chi connectivity index (χ2n) is 3.04. The van der Waals surface area contributed by atoms with E-state index in [1.165, 1.54) is 6.20 Å². The van der Waals surface area contributed by atoms with Gasteiger partial charge in [-0.1, -0.05) is 0 Å². The summed E-state index contributed by atoms with van der Waals surface area (Å²) in [6.07, 6.45) is 1.72. The van der Waals surface area contributed by atoms with E-state index < -0.39 is 0 Å². The van der Waals surface area contributed by atoms with E-state index in [9.17, 15) is 4.79 Å². The number of nitrogens with zero attached hydrogens (tertiary/aromatic N) is 2. The summed E-state index contributed by atoms with van der Waals surface area (Å²) in [6, 6.07) is 3.71. The van der Waals surface area contributed by atoms with Gasteiger partial charge in [0.05, 0.1) is 13.0 Å². The van der Waals surface area contributed by atoms with E-state index in [0.717, 1.165) is 11.1 Å². The molecule has 0 aliphatic rings. The molecule has 0 atom stereocenters. The topological polar surface area (TPSA) is 63.0 Å². The van der Waals surface area contributed by atoms with Crippen molar-refractivity contribution in [1.29, 1.82) is 5.26 Å². The molecular weight excluding hydrogens is 192 g/mol. The van der Waals surface area contributed by atoms with Gasteiger partial charge in [-0.3, -0.25) is 4.79 Å². The molecule has 1 heterocycles. The highest BCUT2D eigenvalue weighted by atomic mass is 16.5. The summed E-state index contributed by atoms with van der Waals surface area (Å²) in [6.45, 7) is 3.91. The lowest BCUT2D eigenvalue weighted by molar-refractivity contribution is -0.142. The first-order valence-corrected chi connectivity index (χ1v) is 4.69. The lowest BCUT2D eigenvalue weighted by Gasteiger charge is -2.05. The Balaban J connectivity index is 2.87. The van der Waals surface area contributed by atoms with E-state index >= 15 is 0 Å². The monoisotopic (exact) mass is 204 g/mol. The number of pyridine rings is 1. The molecule has 0 unspecified atom stereocenters. The summed E-state index contributed by atoms with van der Waals surface area (Å²) in [7, 11) is 0. The second-order valence-corrected chi connectivity index (χ2v) is 3.04. The number of nitriles is 1. The highest BCUT2D eigenvalue weighted by Gasteiger charge is 2.09. The van der Waals surface area contributed by atoms with Gasteiger partial charge in [0.25, 0.3) is 0 Å². The standard InChI is InChI=1S/C11H12N2O2/c1-3-15-11(14)6-9-4-5-13-10(7-12)8(9)2/h4-5H,3,6H2,1-2H3. The van der Waals surface area contributed by atoms with Crippen molar-refractivity contribution in [2.24, 2.45) is 0 Å². The Morgan fingerprint density at radius 2 is 2.40 bits per heavy atom. The molecule has 4 nitrogen and oxygen atoms in total. The lowest BCUT2D eigenvalue weighted by Crippen LogP contribution is -2.09. The van der Waals surface area contributed by atoms with Gasteiger partial charge in [0, 0.05) is 6.20 Å². The largest absolute Gasteiger partial charge is 0.466 e. The summed E-state index contributed by atoms with van der Waals surface area (Å²) in [5, 5.41) is 8.75. The minimum absolute atomic E-state index is 0.191. The Bertz CT molecular complexity index is 408. The van der Waals surface area contributed by atoms with Crippen LogP contribution in [-0.4, -0.2) is 17.6 Å². The third kappa shape index (κ3) is 2.78. The van der Waals surface area contributed by atoms with Gasteiger partial charge in [-0.05, 0) is 31.0 Å². The molecule has 0 aliphatic carbocycles. The van der Waals surface area contributed by atoms with Crippen LogP contribution in [0.3, 0.4) is 0 Å². The zero-order valence-electron chi connectivity index (χ0n) is 8.78. The van der Waals surface area contributed by atoms with E-state index in [4.69, 9.17) is 10.00 Å². The van der Waals surface area contributed by atoms with E-state index in [1.54, 1.807) is 19.9 Å². The summed E-state index contributed by atoms with van der Waals surface area (Å²) in [5.74, 6) is -0.282. The van der Waals surface area contributed by atoms with E-state index in [1.807, 2.05) is 6.07 Å². The van der Waals surface area contributed by atoms with Crippen LogP contribution < -0.4 is 0 Å². The maximum Gasteiger partial charge on any atom is 0.310 e. The first kappa shape index (κ1) is 11.2. The van der Waals surface area contributed by atoms with Crippen LogP contribution in [0.5, 0.6) is 0 Å². The molecule has 15 heavy (non-hydrogen) atoms. The highest BCUT2D eigenvalue weighted by Crippen LogP contribution is 2.11. The van der Waals surface area contributed by atoms with Crippen LogP contribution in [0.15, 0.2) is 12.3 Å². The maximum atomic E-state index is 11.2. The van der Waals surface area contributed by atoms with Crippen LogP contribution in [0.2, 0.25) is 0 Å². The van der Waals surface area contributed by atoms with Crippen LogP contribution in [-0.2, 0) is 16.0 Å². The molecule has 0 amide bonds. The molecule has 0 spiro atoms. The Kier molecular flexibility index (Phi) is 3.81. The van der Waals surface area contributed by atoms with Gasteiger partial charge in [0.2, 0.25) is 0 Å². The van der Waals surface area contributed by atoms with Crippen LogP contribution >= 0.6 is 0 Å². The Morgan fingerprint density at radius 1 is 1.67 bits per heavy atom. The number of esters is 1. The average molecular weight is 204 g/mol. The fraction of sp³-hybridized carbons (Fsp3) is 0.364. The fourth-order valence-corrected chi connectivity index (χ4v) is 1.25. The van der Waals surface area contributed by atoms with Crippen LogP contribution in [0.1, 0.15) is 23.7 Å². The van der Waals surface area contributed by atoms with Crippen molar-refractivity contribution in [3.05, 3.63) is 29.1 Å². The zero-order valence-corrected chi connectivity index (χ0v) is 8.78. The minimum atomic E-state index is -0.282. The Labute approximate surface area is 88.5 Å². The molecular formula is C11H12N2O2. The molecule has 78 valence electrons. The number of ether oxygens (including phenoxy) is 1. The predicted octanol–water partition coefficient (Wildman–Crippen LogP) is 1.37. The maximum absolute atomic E-state index is 11.2. The van der Waals surface area contributed by atoms with Crippen LogP contribution in [0.25, 0.3) is 0 Å². The molecule has 0 aliphatic heterocycles. The van der Waals surface area contributed by atoms with Gasteiger partial charge in [-0.15, -0.1) is 0 Å². The van der Waals surface area contributed by atoms with Gasteiger partial charge in [0.15, 0.2) is 0 Å². The average Bonchev–Trinajstić information content (AvgIpc) is 2.21. The fourth-order valence-electron chi connectivity index (χ4n) is 1.25. The quantitative estimate of drug-likeness (QED) is 0.697. The van der Waals surface area contributed by atoms with E-state index in [0.29, 0.717) is 12.3 Å². The molecule has 0 fully saturated rings. The lowest BCUT2D eigenvalue weighted by atomic mass is 10.1. The first-order chi connectivity index (χ1) is 7.19. The molecule has 0 aromatic carbocycles. The van der Waals surface area contributed by atoms with Crippen molar-refractivity contribution in [3.63, 3.8) is 0 Å². The van der Waals surface area contributed by atoms with Crippen LogP contribution in [0.4, 0.5) is 0 Å². The molecule has 1 aromatic rings. The molecule has 1 rings (SSSR count). The Hall–Kier alpha value is -1.89. The van der Waals surface area contributed by atoms with Gasteiger partial charge < -0.3 is 4.74 Å². The number of hydrogen-bond donors (Lipinski definition) is 0.